The molecule has 1 aliphatic heterocycles. The summed E-state index contributed by atoms with van der Waals surface area (Å²) in [4.78, 5) is 25.8. The molecule has 2 amide bonds. The fraction of sp³-hybridized carbons (Fsp3) is 0.579. The van der Waals surface area contributed by atoms with Crippen LogP contribution in [0.4, 0.5) is 5.69 Å². The second-order valence-corrected chi connectivity index (χ2v) is 6.80. The van der Waals surface area contributed by atoms with Crippen LogP contribution in [0.15, 0.2) is 18.2 Å². The van der Waals surface area contributed by atoms with Crippen molar-refractivity contribution in [3.8, 4) is 0 Å². The molecule has 1 saturated heterocycles. The molecule has 0 spiro atoms. The van der Waals surface area contributed by atoms with E-state index in [1.165, 1.54) is 4.90 Å². The second kappa shape index (κ2) is 8.29. The van der Waals surface area contributed by atoms with E-state index >= 15 is 0 Å². The lowest BCUT2D eigenvalue weighted by molar-refractivity contribution is -0.133. The fourth-order valence-corrected chi connectivity index (χ4v) is 2.94. The van der Waals surface area contributed by atoms with Crippen molar-refractivity contribution in [2.45, 2.75) is 58.7 Å². The molecular formula is C19H28N2O3. The number of aryl methyl sites for hydroxylation is 2. The molecule has 0 aromatic heterocycles. The van der Waals surface area contributed by atoms with Crippen LogP contribution in [0.2, 0.25) is 0 Å². The molecule has 5 heteroatoms. The molecule has 1 aromatic rings. The van der Waals surface area contributed by atoms with Crippen LogP contribution in [-0.2, 0) is 14.3 Å². The number of hydrogen-bond donors (Lipinski definition) is 1. The predicted octanol–water partition coefficient (Wildman–Crippen LogP) is 3.05. The molecule has 1 fully saturated rings. The zero-order valence-electron chi connectivity index (χ0n) is 15.1. The minimum atomic E-state index is -0.176. The summed E-state index contributed by atoms with van der Waals surface area (Å²) in [5.74, 6) is -0.195. The monoisotopic (exact) mass is 332 g/mol. The van der Waals surface area contributed by atoms with Gasteiger partial charge in [-0.1, -0.05) is 12.1 Å². The fourth-order valence-electron chi connectivity index (χ4n) is 2.94. The third-order valence-electron chi connectivity index (χ3n) is 4.47. The van der Waals surface area contributed by atoms with E-state index in [1.807, 2.05) is 32.0 Å². The van der Waals surface area contributed by atoms with E-state index in [2.05, 4.69) is 12.2 Å². The number of rotatable bonds is 6. The number of nitrogens with zero attached hydrogens (tertiary/aromatic N) is 1. The Morgan fingerprint density at radius 1 is 1.29 bits per heavy atom. The molecule has 2 rings (SSSR count). The van der Waals surface area contributed by atoms with Crippen molar-refractivity contribution in [1.82, 2.24) is 4.90 Å². The highest BCUT2D eigenvalue weighted by Crippen LogP contribution is 2.22. The number of ether oxygens (including phenoxy) is 1. The number of carbonyl (C=O) groups excluding carboxylic acids is 2. The number of amides is 2. The second-order valence-electron chi connectivity index (χ2n) is 6.80. The van der Waals surface area contributed by atoms with Crippen LogP contribution in [0.5, 0.6) is 0 Å². The lowest BCUT2D eigenvalue weighted by Crippen LogP contribution is -2.35. The van der Waals surface area contributed by atoms with E-state index in [0.29, 0.717) is 12.5 Å². The normalized spacial score (nSPS) is 20.0. The van der Waals surface area contributed by atoms with E-state index < -0.39 is 0 Å². The van der Waals surface area contributed by atoms with Crippen LogP contribution in [0, 0.1) is 13.8 Å². The number of anilines is 1. The molecular weight excluding hydrogens is 304 g/mol. The standard InChI is InChI=1S/C19H28N2O3/c1-13-5-6-14(2)17(11-13)20-18(22)12-21(4)19(23)10-9-16-8-7-15(3)24-16/h5-6,11,15-16H,7-10,12H2,1-4H3,(H,20,22)/t15-,16+/m0/s1. The smallest absolute Gasteiger partial charge is 0.243 e. The van der Waals surface area contributed by atoms with Gasteiger partial charge in [0.15, 0.2) is 0 Å². The van der Waals surface area contributed by atoms with Gasteiger partial charge in [0.05, 0.1) is 18.8 Å². The van der Waals surface area contributed by atoms with Gasteiger partial charge < -0.3 is 15.0 Å². The van der Waals surface area contributed by atoms with E-state index in [-0.39, 0.29) is 24.5 Å². The summed E-state index contributed by atoms with van der Waals surface area (Å²) in [6, 6.07) is 5.92. The number of nitrogens with one attached hydrogen (secondary N) is 1. The Balaban J connectivity index is 1.78. The van der Waals surface area contributed by atoms with Gasteiger partial charge in [-0.15, -0.1) is 0 Å². The summed E-state index contributed by atoms with van der Waals surface area (Å²) in [6.45, 7) is 6.06. The minimum Gasteiger partial charge on any atom is -0.375 e. The quantitative estimate of drug-likeness (QED) is 0.871. The van der Waals surface area contributed by atoms with Crippen LogP contribution < -0.4 is 5.32 Å². The molecule has 0 bridgehead atoms. The molecule has 1 heterocycles. The minimum absolute atomic E-state index is 0.0192. The molecule has 0 radical (unpaired) electrons. The average Bonchev–Trinajstić information content (AvgIpc) is 2.94. The SMILES string of the molecule is Cc1ccc(C)c(NC(=O)CN(C)C(=O)CC[C@H]2CC[C@H](C)O2)c1. The maximum Gasteiger partial charge on any atom is 0.243 e. The van der Waals surface area contributed by atoms with Gasteiger partial charge in [-0.3, -0.25) is 9.59 Å². The number of hydrogen-bond acceptors (Lipinski definition) is 3. The number of benzene rings is 1. The summed E-state index contributed by atoms with van der Waals surface area (Å²) in [5.41, 5.74) is 2.90. The van der Waals surface area contributed by atoms with Crippen molar-refractivity contribution >= 4 is 17.5 Å². The lowest BCUT2D eigenvalue weighted by Gasteiger charge is -2.18. The third kappa shape index (κ3) is 5.34. The predicted molar refractivity (Wildman–Crippen MR) is 95.0 cm³/mol. The van der Waals surface area contributed by atoms with Crippen LogP contribution in [0.25, 0.3) is 0 Å². The first-order chi connectivity index (χ1) is 11.3. The van der Waals surface area contributed by atoms with Gasteiger partial charge in [-0.05, 0) is 57.2 Å². The first kappa shape index (κ1) is 18.5. The Bertz CT molecular complexity index is 600. The Morgan fingerprint density at radius 2 is 2.04 bits per heavy atom. The molecule has 5 nitrogen and oxygen atoms in total. The van der Waals surface area contributed by atoms with Gasteiger partial charge in [-0.25, -0.2) is 0 Å². The van der Waals surface area contributed by atoms with Crippen molar-refractivity contribution in [2.24, 2.45) is 0 Å². The number of carbonyl (C=O) groups is 2. The Kier molecular flexibility index (Phi) is 6.37. The lowest BCUT2D eigenvalue weighted by atomic mass is 10.1. The molecule has 2 atom stereocenters. The summed E-state index contributed by atoms with van der Waals surface area (Å²) < 4.78 is 5.73. The van der Waals surface area contributed by atoms with Gasteiger partial charge in [0.2, 0.25) is 11.8 Å². The topological polar surface area (TPSA) is 58.6 Å². The van der Waals surface area contributed by atoms with Gasteiger partial charge in [0.25, 0.3) is 0 Å². The molecule has 0 aliphatic carbocycles. The van der Waals surface area contributed by atoms with E-state index in [1.54, 1.807) is 7.05 Å². The highest BCUT2D eigenvalue weighted by Gasteiger charge is 2.23. The van der Waals surface area contributed by atoms with Crippen molar-refractivity contribution in [3.63, 3.8) is 0 Å². The van der Waals surface area contributed by atoms with Crippen LogP contribution in [0.3, 0.4) is 0 Å². The van der Waals surface area contributed by atoms with Crippen molar-refractivity contribution in [3.05, 3.63) is 29.3 Å². The van der Waals surface area contributed by atoms with Gasteiger partial charge >= 0.3 is 0 Å². The number of likely N-dealkylation sites (N-methyl/N-ethyl adjacent to an activating group) is 1. The molecule has 0 saturated carbocycles. The highest BCUT2D eigenvalue weighted by molar-refractivity contribution is 5.95. The van der Waals surface area contributed by atoms with Crippen LogP contribution >= 0.6 is 0 Å². The van der Waals surface area contributed by atoms with Crippen molar-refractivity contribution in [2.75, 3.05) is 18.9 Å². The molecule has 1 aromatic carbocycles. The van der Waals surface area contributed by atoms with Crippen LogP contribution in [0.1, 0.15) is 43.7 Å². The maximum absolute atomic E-state index is 12.2. The Morgan fingerprint density at radius 3 is 2.71 bits per heavy atom. The molecule has 24 heavy (non-hydrogen) atoms. The van der Waals surface area contributed by atoms with Crippen molar-refractivity contribution < 1.29 is 14.3 Å². The van der Waals surface area contributed by atoms with Gasteiger partial charge in [0.1, 0.15) is 0 Å². The zero-order chi connectivity index (χ0) is 17.7. The summed E-state index contributed by atoms with van der Waals surface area (Å²) in [7, 11) is 1.67. The van der Waals surface area contributed by atoms with Crippen molar-refractivity contribution in [1.29, 1.82) is 0 Å². The molecule has 1 N–H and O–H groups in total. The third-order valence-corrected chi connectivity index (χ3v) is 4.47. The van der Waals surface area contributed by atoms with E-state index in [4.69, 9.17) is 4.74 Å². The van der Waals surface area contributed by atoms with Gasteiger partial charge in [0, 0.05) is 19.2 Å². The largest absolute Gasteiger partial charge is 0.375 e. The van der Waals surface area contributed by atoms with Crippen LogP contribution in [-0.4, -0.2) is 42.5 Å². The first-order valence-electron chi connectivity index (χ1n) is 8.61. The zero-order valence-corrected chi connectivity index (χ0v) is 15.1. The summed E-state index contributed by atoms with van der Waals surface area (Å²) in [5, 5.41) is 2.88. The Labute approximate surface area is 144 Å². The molecule has 1 aliphatic rings. The van der Waals surface area contributed by atoms with E-state index in [0.717, 1.165) is 36.1 Å². The van der Waals surface area contributed by atoms with Gasteiger partial charge in [-0.2, -0.15) is 0 Å². The maximum atomic E-state index is 12.2. The summed E-state index contributed by atoms with van der Waals surface area (Å²) >= 11 is 0. The van der Waals surface area contributed by atoms with E-state index in [9.17, 15) is 9.59 Å². The first-order valence-corrected chi connectivity index (χ1v) is 8.61. The molecule has 0 unspecified atom stereocenters. The summed E-state index contributed by atoms with van der Waals surface area (Å²) in [6.07, 6.45) is 3.71. The highest BCUT2D eigenvalue weighted by atomic mass is 16.5. The Hall–Kier alpha value is -1.88. The molecule has 132 valence electrons. The average molecular weight is 332 g/mol.